The van der Waals surface area contributed by atoms with Crippen LogP contribution in [-0.2, 0) is 0 Å². The Balaban J connectivity index is 1.37. The van der Waals surface area contributed by atoms with Crippen LogP contribution in [0.1, 0.15) is 11.7 Å². The van der Waals surface area contributed by atoms with Crippen LogP contribution in [-0.4, -0.2) is 60.9 Å². The molecule has 1 aliphatic heterocycles. The molecule has 1 saturated heterocycles. The molecule has 9 nitrogen and oxygen atoms in total. The van der Waals surface area contributed by atoms with Crippen molar-refractivity contribution in [1.82, 2.24) is 9.88 Å². The number of rotatable bonds is 7. The van der Waals surface area contributed by atoms with Crippen molar-refractivity contribution in [3.63, 3.8) is 0 Å². The number of aliphatic hydroxyl groups excluding tert-OH is 1. The van der Waals surface area contributed by atoms with Gasteiger partial charge in [-0.2, -0.15) is 0 Å². The minimum Gasteiger partial charge on any atom is -0.402 e. The number of carbonyl (C=O) groups excluding carboxylic acids is 1. The monoisotopic (exact) mass is 497 g/mol. The van der Waals surface area contributed by atoms with Crippen LogP contribution in [0.2, 0.25) is 5.02 Å². The second kappa shape index (κ2) is 11.3. The molecular weight excluding hydrogens is 470 g/mol. The highest BCUT2D eigenvalue weighted by Crippen LogP contribution is 2.23. The first kappa shape index (κ1) is 24.6. The highest BCUT2D eigenvalue weighted by Gasteiger charge is 2.17. The van der Waals surface area contributed by atoms with Crippen LogP contribution >= 0.6 is 11.6 Å². The average molecular weight is 498 g/mol. The SMILES string of the molecule is CN1CCN(c2ccc(NC(=O)Oc3c(NC[C@@H](O)c4cccc(Cl)c4)cc[nH]c3=O)cc2)CC1. The molecule has 35 heavy (non-hydrogen) atoms. The standard InChI is InChI=1S/C25H28ClN5O4/c1-30-11-13-31(14-12-30)20-7-5-19(6-8-20)29-25(34)35-23-21(9-10-27-24(23)33)28-16-22(32)17-3-2-4-18(26)15-17/h2-10,15,22,32H,11-14,16H2,1H3,(H,29,34)(H2,27,28,33)/t22-/m1/s1. The fourth-order valence-corrected chi connectivity index (χ4v) is 4.00. The predicted molar refractivity (Wildman–Crippen MR) is 138 cm³/mol. The topological polar surface area (TPSA) is 110 Å². The minimum atomic E-state index is -0.881. The zero-order valence-corrected chi connectivity index (χ0v) is 20.1. The molecule has 4 rings (SSSR count). The number of ether oxygens (including phenoxy) is 1. The number of carbonyl (C=O) groups is 1. The molecule has 184 valence electrons. The van der Waals surface area contributed by atoms with Gasteiger partial charge in [0.15, 0.2) is 0 Å². The first-order valence-electron chi connectivity index (χ1n) is 11.3. The van der Waals surface area contributed by atoms with Gasteiger partial charge in [0, 0.05) is 55.3 Å². The van der Waals surface area contributed by atoms with Crippen molar-refractivity contribution in [2.24, 2.45) is 0 Å². The van der Waals surface area contributed by atoms with Gasteiger partial charge < -0.3 is 29.9 Å². The number of likely N-dealkylation sites (N-methyl/N-ethyl adjacent to an activating group) is 1. The van der Waals surface area contributed by atoms with Gasteiger partial charge >= 0.3 is 6.09 Å². The Morgan fingerprint density at radius 2 is 1.89 bits per heavy atom. The first-order valence-corrected chi connectivity index (χ1v) is 11.7. The first-order chi connectivity index (χ1) is 16.9. The van der Waals surface area contributed by atoms with E-state index in [0.29, 0.717) is 16.3 Å². The Morgan fingerprint density at radius 3 is 2.60 bits per heavy atom. The average Bonchev–Trinajstić information content (AvgIpc) is 2.85. The van der Waals surface area contributed by atoms with E-state index in [1.54, 1.807) is 42.5 Å². The molecule has 0 radical (unpaired) electrons. The van der Waals surface area contributed by atoms with E-state index in [2.05, 4.69) is 32.5 Å². The molecule has 0 bridgehead atoms. The lowest BCUT2D eigenvalue weighted by atomic mass is 10.1. The van der Waals surface area contributed by atoms with Gasteiger partial charge in [0.1, 0.15) is 0 Å². The molecule has 0 saturated carbocycles. The van der Waals surface area contributed by atoms with E-state index in [1.165, 1.54) is 6.20 Å². The second-order valence-electron chi connectivity index (χ2n) is 8.35. The van der Waals surface area contributed by atoms with Gasteiger partial charge in [0.25, 0.3) is 5.56 Å². The molecule has 0 aliphatic carbocycles. The van der Waals surface area contributed by atoms with Crippen LogP contribution < -0.4 is 25.8 Å². The Labute approximate surface area is 208 Å². The van der Waals surface area contributed by atoms with E-state index < -0.39 is 17.8 Å². The highest BCUT2D eigenvalue weighted by atomic mass is 35.5. The Hall–Kier alpha value is -3.53. The van der Waals surface area contributed by atoms with Crippen molar-refractivity contribution < 1.29 is 14.6 Å². The van der Waals surface area contributed by atoms with Gasteiger partial charge in [-0.1, -0.05) is 23.7 Å². The smallest absolute Gasteiger partial charge is 0.402 e. The number of nitrogens with zero attached hydrogens (tertiary/aromatic N) is 2. The van der Waals surface area contributed by atoms with Gasteiger partial charge in [-0.25, -0.2) is 4.79 Å². The molecule has 0 unspecified atom stereocenters. The third kappa shape index (κ3) is 6.54. The van der Waals surface area contributed by atoms with Crippen LogP contribution in [0.5, 0.6) is 5.75 Å². The maximum atomic E-state index is 12.5. The number of halogens is 1. The lowest BCUT2D eigenvalue weighted by Gasteiger charge is -2.34. The van der Waals surface area contributed by atoms with E-state index in [9.17, 15) is 14.7 Å². The van der Waals surface area contributed by atoms with Gasteiger partial charge in [0.05, 0.1) is 11.8 Å². The van der Waals surface area contributed by atoms with Crippen molar-refractivity contribution in [2.45, 2.75) is 6.10 Å². The fourth-order valence-electron chi connectivity index (χ4n) is 3.80. The number of amides is 1. The zero-order chi connectivity index (χ0) is 24.8. The molecule has 1 aromatic heterocycles. The lowest BCUT2D eigenvalue weighted by molar-refractivity contribution is 0.191. The maximum absolute atomic E-state index is 12.5. The molecule has 4 N–H and O–H groups in total. The van der Waals surface area contributed by atoms with Gasteiger partial charge in [-0.3, -0.25) is 10.1 Å². The number of hydrogen-bond acceptors (Lipinski definition) is 7. The number of aliphatic hydroxyl groups is 1. The lowest BCUT2D eigenvalue weighted by Crippen LogP contribution is -2.44. The molecule has 1 atom stereocenters. The number of nitrogens with one attached hydrogen (secondary N) is 3. The van der Waals surface area contributed by atoms with Gasteiger partial charge in [-0.15, -0.1) is 0 Å². The number of pyridine rings is 1. The Bertz CT molecular complexity index is 1210. The van der Waals surface area contributed by atoms with E-state index in [1.807, 2.05) is 12.1 Å². The second-order valence-corrected chi connectivity index (χ2v) is 8.79. The van der Waals surface area contributed by atoms with E-state index in [4.69, 9.17) is 16.3 Å². The molecule has 3 aromatic rings. The van der Waals surface area contributed by atoms with Crippen LogP contribution in [0.15, 0.2) is 65.6 Å². The molecule has 1 amide bonds. The van der Waals surface area contributed by atoms with E-state index in [-0.39, 0.29) is 18.0 Å². The number of hydrogen-bond donors (Lipinski definition) is 4. The summed E-state index contributed by atoms with van der Waals surface area (Å²) in [5.74, 6) is -0.197. The van der Waals surface area contributed by atoms with Crippen molar-refractivity contribution >= 4 is 34.8 Å². The number of H-pyrrole nitrogens is 1. The van der Waals surface area contributed by atoms with Gasteiger partial charge in [0.2, 0.25) is 5.75 Å². The summed E-state index contributed by atoms with van der Waals surface area (Å²) < 4.78 is 5.32. The summed E-state index contributed by atoms with van der Waals surface area (Å²) in [6.45, 7) is 3.98. The number of aromatic amines is 1. The summed E-state index contributed by atoms with van der Waals surface area (Å²) in [5.41, 5.74) is 1.95. The summed E-state index contributed by atoms with van der Waals surface area (Å²) in [5, 5.41) is 16.6. The number of benzene rings is 2. The summed E-state index contributed by atoms with van der Waals surface area (Å²) in [4.78, 5) is 31.9. The zero-order valence-electron chi connectivity index (χ0n) is 19.3. The van der Waals surface area contributed by atoms with Crippen LogP contribution in [0, 0.1) is 0 Å². The third-order valence-corrected chi connectivity index (χ3v) is 6.05. The molecule has 2 heterocycles. The number of anilines is 3. The normalized spacial score (nSPS) is 14.9. The van der Waals surface area contributed by atoms with E-state index >= 15 is 0 Å². The molecule has 0 spiro atoms. The summed E-state index contributed by atoms with van der Waals surface area (Å²) in [7, 11) is 2.11. The molecule has 10 heteroatoms. The van der Waals surface area contributed by atoms with Crippen LogP contribution in [0.25, 0.3) is 0 Å². The van der Waals surface area contributed by atoms with Crippen molar-refractivity contribution in [3.05, 3.63) is 81.7 Å². The van der Waals surface area contributed by atoms with Crippen molar-refractivity contribution in [2.75, 3.05) is 55.3 Å². The summed E-state index contributed by atoms with van der Waals surface area (Å²) >= 11 is 5.98. The van der Waals surface area contributed by atoms with Crippen molar-refractivity contribution in [3.8, 4) is 5.75 Å². The molecular formula is C25H28ClN5O4. The number of piperazine rings is 1. The summed E-state index contributed by atoms with van der Waals surface area (Å²) in [6.07, 6.45) is -0.251. The Kier molecular flexibility index (Phi) is 7.91. The highest BCUT2D eigenvalue weighted by molar-refractivity contribution is 6.30. The molecule has 1 aliphatic rings. The van der Waals surface area contributed by atoms with Crippen LogP contribution in [0.3, 0.4) is 0 Å². The minimum absolute atomic E-state index is 0.0789. The summed E-state index contributed by atoms with van der Waals surface area (Å²) in [6, 6.07) is 15.9. The quantitative estimate of drug-likeness (QED) is 0.395. The van der Waals surface area contributed by atoms with E-state index in [0.717, 1.165) is 31.9 Å². The predicted octanol–water partition coefficient (Wildman–Crippen LogP) is 3.54. The molecule has 1 fully saturated rings. The van der Waals surface area contributed by atoms with Crippen molar-refractivity contribution in [1.29, 1.82) is 0 Å². The Morgan fingerprint density at radius 1 is 1.14 bits per heavy atom. The molecule has 2 aromatic carbocycles. The largest absolute Gasteiger partial charge is 0.417 e. The maximum Gasteiger partial charge on any atom is 0.417 e. The fraction of sp³-hybridized carbons (Fsp3) is 0.280. The number of aromatic nitrogens is 1. The van der Waals surface area contributed by atoms with Gasteiger partial charge in [-0.05, 0) is 55.1 Å². The third-order valence-electron chi connectivity index (χ3n) is 5.81. The van der Waals surface area contributed by atoms with Crippen LogP contribution in [0.4, 0.5) is 21.9 Å².